The van der Waals surface area contributed by atoms with Crippen LogP contribution in [0.15, 0.2) is 34.8 Å². The molecular weight excluding hydrogens is 375 g/mol. The molecular formula is C16H15BrCl2O2. The van der Waals surface area contributed by atoms with Crippen LogP contribution in [0, 0.1) is 6.92 Å². The van der Waals surface area contributed by atoms with Gasteiger partial charge in [0.15, 0.2) is 0 Å². The van der Waals surface area contributed by atoms with E-state index in [4.69, 9.17) is 32.7 Å². The van der Waals surface area contributed by atoms with Crippen LogP contribution in [0.5, 0.6) is 11.5 Å². The highest BCUT2D eigenvalue weighted by Gasteiger charge is 2.22. The van der Waals surface area contributed by atoms with Gasteiger partial charge >= 0.3 is 0 Å². The van der Waals surface area contributed by atoms with Crippen LogP contribution in [0.25, 0.3) is 0 Å². The van der Waals surface area contributed by atoms with E-state index in [2.05, 4.69) is 15.9 Å². The molecule has 0 N–H and O–H groups in total. The number of hydrogen-bond donors (Lipinski definition) is 0. The van der Waals surface area contributed by atoms with Gasteiger partial charge in [0, 0.05) is 10.0 Å². The van der Waals surface area contributed by atoms with Crippen LogP contribution in [0.3, 0.4) is 0 Å². The Morgan fingerprint density at radius 2 is 1.71 bits per heavy atom. The zero-order valence-corrected chi connectivity index (χ0v) is 15.0. The lowest BCUT2D eigenvalue weighted by Crippen LogP contribution is -2.00. The zero-order valence-electron chi connectivity index (χ0n) is 11.9. The molecule has 0 aliphatic carbocycles. The van der Waals surface area contributed by atoms with Crippen LogP contribution in [0.2, 0.25) is 5.02 Å². The first kappa shape index (κ1) is 16.5. The number of aryl methyl sites for hydroxylation is 1. The first-order valence-electron chi connectivity index (χ1n) is 6.30. The number of benzene rings is 2. The molecule has 0 saturated heterocycles. The third kappa shape index (κ3) is 3.31. The Bertz CT molecular complexity index is 659. The Morgan fingerprint density at radius 1 is 1.05 bits per heavy atom. The predicted molar refractivity (Wildman–Crippen MR) is 91.1 cm³/mol. The summed E-state index contributed by atoms with van der Waals surface area (Å²) in [5.74, 6) is 1.09. The zero-order chi connectivity index (χ0) is 15.6. The first-order chi connectivity index (χ1) is 9.99. The smallest absolute Gasteiger partial charge is 0.146 e. The maximum Gasteiger partial charge on any atom is 0.146 e. The highest BCUT2D eigenvalue weighted by Crippen LogP contribution is 2.44. The van der Waals surface area contributed by atoms with Crippen molar-refractivity contribution in [3.8, 4) is 11.5 Å². The Labute approximate surface area is 143 Å². The third-order valence-corrected chi connectivity index (χ3v) is 4.73. The predicted octanol–water partition coefficient (Wildman–Crippen LogP) is 5.76. The summed E-state index contributed by atoms with van der Waals surface area (Å²) in [7, 11) is 3.13. The number of hydrogen-bond acceptors (Lipinski definition) is 2. The lowest BCUT2D eigenvalue weighted by molar-refractivity contribution is 0.392. The number of halogens is 3. The van der Waals surface area contributed by atoms with Gasteiger partial charge in [-0.1, -0.05) is 39.7 Å². The number of alkyl halides is 1. The van der Waals surface area contributed by atoms with E-state index in [0.717, 1.165) is 21.2 Å². The van der Waals surface area contributed by atoms with Crippen molar-refractivity contribution in [2.45, 2.75) is 12.3 Å². The van der Waals surface area contributed by atoms with Crippen molar-refractivity contribution in [2.24, 2.45) is 0 Å². The highest BCUT2D eigenvalue weighted by atomic mass is 79.9. The lowest BCUT2D eigenvalue weighted by atomic mass is 10.0. The van der Waals surface area contributed by atoms with Crippen LogP contribution in [0.1, 0.15) is 22.1 Å². The second-order valence-corrected chi connectivity index (χ2v) is 6.26. The Balaban J connectivity index is 2.52. The average Bonchev–Trinajstić information content (AvgIpc) is 2.46. The summed E-state index contributed by atoms with van der Waals surface area (Å²) < 4.78 is 11.6. The molecule has 21 heavy (non-hydrogen) atoms. The Hall–Kier alpha value is -0.900. The van der Waals surface area contributed by atoms with Gasteiger partial charge in [-0.2, -0.15) is 0 Å². The molecule has 2 nitrogen and oxygen atoms in total. The molecule has 0 heterocycles. The standard InChI is InChI=1S/C16H15BrCl2O2/c1-9-4-5-10(12(17)8-9)14(18)11-6-7-13(20-2)15(19)16(11)21-3/h4-8,14H,1-3H3. The molecule has 1 atom stereocenters. The van der Waals surface area contributed by atoms with E-state index in [0.29, 0.717) is 16.5 Å². The van der Waals surface area contributed by atoms with E-state index in [1.807, 2.05) is 31.2 Å². The van der Waals surface area contributed by atoms with Gasteiger partial charge in [-0.25, -0.2) is 0 Å². The quantitative estimate of drug-likeness (QED) is 0.619. The molecule has 0 bridgehead atoms. The average molecular weight is 390 g/mol. The number of methoxy groups -OCH3 is 2. The van der Waals surface area contributed by atoms with Gasteiger partial charge in [-0.15, -0.1) is 11.6 Å². The maximum atomic E-state index is 6.63. The number of ether oxygens (including phenoxy) is 2. The SMILES string of the molecule is COc1ccc(C(Cl)c2ccc(C)cc2Br)c(OC)c1Cl. The molecule has 5 heteroatoms. The van der Waals surface area contributed by atoms with E-state index in [9.17, 15) is 0 Å². The van der Waals surface area contributed by atoms with Crippen molar-refractivity contribution in [3.63, 3.8) is 0 Å². The topological polar surface area (TPSA) is 18.5 Å². The van der Waals surface area contributed by atoms with Crippen molar-refractivity contribution >= 4 is 39.1 Å². The van der Waals surface area contributed by atoms with E-state index < -0.39 is 0 Å². The fourth-order valence-corrected chi connectivity index (χ4v) is 3.67. The van der Waals surface area contributed by atoms with E-state index in [1.54, 1.807) is 20.3 Å². The minimum atomic E-state index is -0.377. The van der Waals surface area contributed by atoms with Gasteiger partial charge in [-0.05, 0) is 36.2 Å². The van der Waals surface area contributed by atoms with Crippen LogP contribution >= 0.6 is 39.1 Å². The molecule has 0 amide bonds. The van der Waals surface area contributed by atoms with Crippen molar-refractivity contribution in [2.75, 3.05) is 14.2 Å². The van der Waals surface area contributed by atoms with Crippen molar-refractivity contribution in [3.05, 3.63) is 56.5 Å². The summed E-state index contributed by atoms with van der Waals surface area (Å²) in [6.45, 7) is 2.03. The normalized spacial score (nSPS) is 12.1. The first-order valence-corrected chi connectivity index (χ1v) is 7.90. The largest absolute Gasteiger partial charge is 0.495 e. The molecule has 1 unspecified atom stereocenters. The van der Waals surface area contributed by atoms with E-state index in [1.165, 1.54) is 0 Å². The molecule has 2 rings (SSSR count). The molecule has 112 valence electrons. The highest BCUT2D eigenvalue weighted by molar-refractivity contribution is 9.10. The van der Waals surface area contributed by atoms with E-state index >= 15 is 0 Å². The van der Waals surface area contributed by atoms with E-state index in [-0.39, 0.29) is 5.38 Å². The minimum absolute atomic E-state index is 0.377. The summed E-state index contributed by atoms with van der Waals surface area (Å²) in [4.78, 5) is 0. The van der Waals surface area contributed by atoms with Gasteiger partial charge in [-0.3, -0.25) is 0 Å². The molecule has 2 aromatic rings. The lowest BCUT2D eigenvalue weighted by Gasteiger charge is -2.18. The van der Waals surface area contributed by atoms with Crippen LogP contribution in [-0.2, 0) is 0 Å². The molecule has 0 aliphatic rings. The summed E-state index contributed by atoms with van der Waals surface area (Å²) in [5.41, 5.74) is 2.92. The Kier molecular flexibility index (Phi) is 5.42. The molecule has 2 aromatic carbocycles. The molecule has 0 spiro atoms. The third-order valence-electron chi connectivity index (χ3n) is 3.22. The summed E-state index contributed by atoms with van der Waals surface area (Å²) in [6.07, 6.45) is 0. The molecule has 0 fully saturated rings. The second kappa shape index (κ2) is 6.91. The Morgan fingerprint density at radius 3 is 2.29 bits per heavy atom. The van der Waals surface area contributed by atoms with Crippen LogP contribution < -0.4 is 9.47 Å². The summed E-state index contributed by atoms with van der Waals surface area (Å²) in [6, 6.07) is 9.70. The van der Waals surface area contributed by atoms with Crippen molar-refractivity contribution in [1.82, 2.24) is 0 Å². The second-order valence-electron chi connectivity index (χ2n) is 4.59. The minimum Gasteiger partial charge on any atom is -0.495 e. The van der Waals surface area contributed by atoms with Gasteiger partial charge in [0.1, 0.15) is 16.5 Å². The van der Waals surface area contributed by atoms with Crippen molar-refractivity contribution in [1.29, 1.82) is 0 Å². The molecule has 0 saturated carbocycles. The van der Waals surface area contributed by atoms with Gasteiger partial charge < -0.3 is 9.47 Å². The maximum absolute atomic E-state index is 6.63. The molecule has 0 radical (unpaired) electrons. The van der Waals surface area contributed by atoms with Crippen LogP contribution in [0.4, 0.5) is 0 Å². The van der Waals surface area contributed by atoms with Gasteiger partial charge in [0.25, 0.3) is 0 Å². The molecule has 0 aliphatic heterocycles. The summed E-state index contributed by atoms with van der Waals surface area (Å²) in [5, 5.41) is 0.0460. The summed E-state index contributed by atoms with van der Waals surface area (Å²) >= 11 is 16.5. The molecule has 0 aromatic heterocycles. The van der Waals surface area contributed by atoms with Crippen LogP contribution in [-0.4, -0.2) is 14.2 Å². The number of rotatable bonds is 4. The fraction of sp³-hybridized carbons (Fsp3) is 0.250. The van der Waals surface area contributed by atoms with Crippen molar-refractivity contribution < 1.29 is 9.47 Å². The van der Waals surface area contributed by atoms with Gasteiger partial charge in [0.2, 0.25) is 0 Å². The van der Waals surface area contributed by atoms with Gasteiger partial charge in [0.05, 0.1) is 19.6 Å². The monoisotopic (exact) mass is 388 g/mol. The fourth-order valence-electron chi connectivity index (χ4n) is 2.12.